The normalized spacial score (nSPS) is 18.1. The highest BCUT2D eigenvalue weighted by atomic mass is 32.2. The highest BCUT2D eigenvalue weighted by Crippen LogP contribution is 2.30. The minimum absolute atomic E-state index is 0.0494. The third kappa shape index (κ3) is 3.37. The summed E-state index contributed by atoms with van der Waals surface area (Å²) in [5, 5.41) is 9.18. The maximum Gasteiger partial charge on any atom is 0.252 e. The molecule has 2 rings (SSSR count). The van der Waals surface area contributed by atoms with Crippen LogP contribution in [-0.2, 0) is 10.0 Å². The fourth-order valence-electron chi connectivity index (χ4n) is 2.63. The Morgan fingerprint density at radius 1 is 1.32 bits per heavy atom. The van der Waals surface area contributed by atoms with Gasteiger partial charge in [-0.05, 0) is 31.9 Å². The first-order chi connectivity index (χ1) is 9.05. The van der Waals surface area contributed by atoms with Gasteiger partial charge in [0, 0.05) is 17.5 Å². The Hall–Kier alpha value is -0.430. The molecule has 0 aliphatic heterocycles. The van der Waals surface area contributed by atoms with E-state index in [4.69, 9.17) is 0 Å². The van der Waals surface area contributed by atoms with Crippen LogP contribution in [0.25, 0.3) is 0 Å². The van der Waals surface area contributed by atoms with Gasteiger partial charge in [-0.1, -0.05) is 19.3 Å². The van der Waals surface area contributed by atoms with Gasteiger partial charge in [0.2, 0.25) is 0 Å². The van der Waals surface area contributed by atoms with Crippen LogP contribution in [0.3, 0.4) is 0 Å². The van der Waals surface area contributed by atoms with Crippen molar-refractivity contribution in [1.29, 1.82) is 0 Å². The molecule has 0 saturated heterocycles. The lowest BCUT2D eigenvalue weighted by molar-refractivity contribution is 0.199. The SMILES string of the molecule is Cc1ccc(S(=O)(=O)N(CCO)C2CCCCC2)s1. The monoisotopic (exact) mass is 303 g/mol. The van der Waals surface area contributed by atoms with Crippen molar-refractivity contribution >= 4 is 21.4 Å². The van der Waals surface area contributed by atoms with Crippen molar-refractivity contribution < 1.29 is 13.5 Å². The molecule has 6 heteroatoms. The molecule has 0 aromatic carbocycles. The lowest BCUT2D eigenvalue weighted by Gasteiger charge is -2.32. The molecule has 1 aromatic rings. The number of thiophene rings is 1. The van der Waals surface area contributed by atoms with Crippen molar-refractivity contribution in [1.82, 2.24) is 4.31 Å². The Balaban J connectivity index is 2.26. The first-order valence-corrected chi connectivity index (χ1v) is 9.00. The van der Waals surface area contributed by atoms with Crippen LogP contribution in [-0.4, -0.2) is 37.0 Å². The molecular weight excluding hydrogens is 282 g/mol. The Labute approximate surface area is 119 Å². The summed E-state index contributed by atoms with van der Waals surface area (Å²) in [6, 6.07) is 3.55. The average molecular weight is 303 g/mol. The molecule has 4 nitrogen and oxygen atoms in total. The molecule has 1 aliphatic carbocycles. The third-order valence-corrected chi connectivity index (χ3v) is 7.00. The van der Waals surface area contributed by atoms with Crippen LogP contribution in [0.5, 0.6) is 0 Å². The molecule has 1 saturated carbocycles. The second kappa shape index (κ2) is 6.35. The van der Waals surface area contributed by atoms with Gasteiger partial charge in [0.25, 0.3) is 10.0 Å². The molecule has 0 radical (unpaired) electrons. The van der Waals surface area contributed by atoms with Gasteiger partial charge < -0.3 is 5.11 Å². The minimum atomic E-state index is -3.45. The number of aliphatic hydroxyl groups is 1. The molecule has 0 bridgehead atoms. The van der Waals surface area contributed by atoms with Crippen LogP contribution in [0.15, 0.2) is 16.3 Å². The smallest absolute Gasteiger partial charge is 0.252 e. The predicted octanol–water partition coefficient (Wildman–Crippen LogP) is 2.37. The molecule has 108 valence electrons. The Morgan fingerprint density at radius 3 is 2.53 bits per heavy atom. The highest BCUT2D eigenvalue weighted by molar-refractivity contribution is 7.91. The summed E-state index contributed by atoms with van der Waals surface area (Å²) < 4.78 is 27.2. The Morgan fingerprint density at radius 2 is 2.00 bits per heavy atom. The van der Waals surface area contributed by atoms with Crippen molar-refractivity contribution in [2.24, 2.45) is 0 Å². The Bertz CT molecular complexity index is 504. The second-order valence-electron chi connectivity index (χ2n) is 5.00. The molecule has 19 heavy (non-hydrogen) atoms. The van der Waals surface area contributed by atoms with Crippen molar-refractivity contribution in [2.45, 2.75) is 49.3 Å². The molecule has 0 unspecified atom stereocenters. The number of hydrogen-bond acceptors (Lipinski definition) is 4. The number of aryl methyl sites for hydroxylation is 1. The van der Waals surface area contributed by atoms with Crippen molar-refractivity contribution in [2.75, 3.05) is 13.2 Å². The maximum atomic E-state index is 12.7. The van der Waals surface area contributed by atoms with Crippen LogP contribution in [0, 0.1) is 6.92 Å². The largest absolute Gasteiger partial charge is 0.395 e. The van der Waals surface area contributed by atoms with Crippen LogP contribution in [0.4, 0.5) is 0 Å². The summed E-state index contributed by atoms with van der Waals surface area (Å²) in [5.41, 5.74) is 0. The van der Waals surface area contributed by atoms with E-state index >= 15 is 0 Å². The number of hydrogen-bond donors (Lipinski definition) is 1. The topological polar surface area (TPSA) is 57.6 Å². The first-order valence-electron chi connectivity index (χ1n) is 6.75. The van der Waals surface area contributed by atoms with E-state index in [9.17, 15) is 13.5 Å². The van der Waals surface area contributed by atoms with E-state index in [-0.39, 0.29) is 19.2 Å². The first kappa shape index (κ1) is 15.0. The van der Waals surface area contributed by atoms with E-state index in [1.54, 1.807) is 6.07 Å². The maximum absolute atomic E-state index is 12.7. The van der Waals surface area contributed by atoms with E-state index in [1.165, 1.54) is 22.1 Å². The number of nitrogens with zero attached hydrogens (tertiary/aromatic N) is 1. The van der Waals surface area contributed by atoms with Crippen molar-refractivity contribution in [3.63, 3.8) is 0 Å². The van der Waals surface area contributed by atoms with E-state index in [0.29, 0.717) is 4.21 Å². The fraction of sp³-hybridized carbons (Fsp3) is 0.692. The summed E-state index contributed by atoms with van der Waals surface area (Å²) in [7, 11) is -3.45. The van der Waals surface area contributed by atoms with Crippen LogP contribution in [0.2, 0.25) is 0 Å². The number of aliphatic hydroxyl groups excluding tert-OH is 1. The van der Waals surface area contributed by atoms with Crippen LogP contribution in [0.1, 0.15) is 37.0 Å². The molecule has 1 aliphatic rings. The van der Waals surface area contributed by atoms with Gasteiger partial charge in [0.05, 0.1) is 6.61 Å². The summed E-state index contributed by atoms with van der Waals surface area (Å²) >= 11 is 1.30. The van der Waals surface area contributed by atoms with E-state index in [1.807, 2.05) is 13.0 Å². The highest BCUT2D eigenvalue weighted by Gasteiger charge is 2.32. The lowest BCUT2D eigenvalue weighted by Crippen LogP contribution is -2.42. The van der Waals surface area contributed by atoms with E-state index in [0.717, 1.165) is 30.6 Å². The lowest BCUT2D eigenvalue weighted by atomic mass is 9.95. The van der Waals surface area contributed by atoms with Gasteiger partial charge in [-0.3, -0.25) is 0 Å². The molecule has 0 atom stereocenters. The summed E-state index contributed by atoms with van der Waals surface area (Å²) in [6.07, 6.45) is 5.14. The molecule has 1 heterocycles. The molecular formula is C13H21NO3S2. The van der Waals surface area contributed by atoms with Gasteiger partial charge in [-0.2, -0.15) is 4.31 Å². The van der Waals surface area contributed by atoms with Crippen LogP contribution < -0.4 is 0 Å². The predicted molar refractivity (Wildman–Crippen MR) is 76.9 cm³/mol. The Kier molecular flexibility index (Phi) is 5.00. The van der Waals surface area contributed by atoms with Gasteiger partial charge in [-0.15, -0.1) is 11.3 Å². The van der Waals surface area contributed by atoms with Crippen molar-refractivity contribution in [3.05, 3.63) is 17.0 Å². The van der Waals surface area contributed by atoms with E-state index < -0.39 is 10.0 Å². The average Bonchev–Trinajstić information content (AvgIpc) is 2.84. The summed E-state index contributed by atoms with van der Waals surface area (Å²) in [6.45, 7) is 1.98. The quantitative estimate of drug-likeness (QED) is 0.908. The van der Waals surface area contributed by atoms with Gasteiger partial charge in [-0.25, -0.2) is 8.42 Å². The van der Waals surface area contributed by atoms with Crippen LogP contribution >= 0.6 is 11.3 Å². The van der Waals surface area contributed by atoms with Gasteiger partial charge >= 0.3 is 0 Å². The number of rotatable bonds is 5. The zero-order valence-electron chi connectivity index (χ0n) is 11.2. The fourth-order valence-corrected chi connectivity index (χ4v) is 5.72. The standard InChI is InChI=1S/C13H21NO3S2/c1-11-7-8-13(18-11)19(16,17)14(9-10-15)12-5-3-2-4-6-12/h7-8,12,15H,2-6,9-10H2,1H3. The van der Waals surface area contributed by atoms with Gasteiger partial charge in [0.1, 0.15) is 4.21 Å². The third-order valence-electron chi connectivity index (χ3n) is 3.58. The molecule has 0 spiro atoms. The number of sulfonamides is 1. The molecule has 1 fully saturated rings. The zero-order chi connectivity index (χ0) is 13.9. The summed E-state index contributed by atoms with van der Waals surface area (Å²) in [5.74, 6) is 0. The minimum Gasteiger partial charge on any atom is -0.395 e. The second-order valence-corrected chi connectivity index (χ2v) is 8.40. The molecule has 1 N–H and O–H groups in total. The van der Waals surface area contributed by atoms with E-state index in [2.05, 4.69) is 0 Å². The zero-order valence-corrected chi connectivity index (χ0v) is 12.8. The van der Waals surface area contributed by atoms with Gasteiger partial charge in [0.15, 0.2) is 0 Å². The van der Waals surface area contributed by atoms with Crippen molar-refractivity contribution in [3.8, 4) is 0 Å². The molecule has 0 amide bonds. The molecule has 1 aromatic heterocycles. The summed E-state index contributed by atoms with van der Waals surface area (Å²) in [4.78, 5) is 0.992.